The number of nitrogens with one attached hydrogen (secondary N) is 1. The minimum Gasteiger partial charge on any atom is -0.493 e. The summed E-state index contributed by atoms with van der Waals surface area (Å²) in [5, 5.41) is 3.45. The number of benzene rings is 1. The van der Waals surface area contributed by atoms with E-state index in [1.807, 2.05) is 13.8 Å². The Morgan fingerprint density at radius 1 is 1.29 bits per heavy atom. The highest BCUT2D eigenvalue weighted by Gasteiger charge is 2.17. The van der Waals surface area contributed by atoms with Crippen LogP contribution >= 0.6 is 15.9 Å². The highest BCUT2D eigenvalue weighted by molar-refractivity contribution is 9.10. The predicted octanol–water partition coefficient (Wildman–Crippen LogP) is 3.26. The molecule has 2 rings (SSSR count). The van der Waals surface area contributed by atoms with Gasteiger partial charge in [-0.15, -0.1) is 0 Å². The molecule has 0 atom stereocenters. The Kier molecular flexibility index (Phi) is 6.96. The number of halogens is 1. The Bertz CT molecular complexity index is 447. The number of fused-ring (bicyclic) bond motifs is 1. The van der Waals surface area contributed by atoms with Crippen molar-refractivity contribution in [1.29, 1.82) is 0 Å². The molecular formula is C16H24BrNO3. The Balaban J connectivity index is 1.81. The second kappa shape index (κ2) is 8.73. The first-order chi connectivity index (χ1) is 10.2. The van der Waals surface area contributed by atoms with E-state index in [0.29, 0.717) is 13.2 Å². The van der Waals surface area contributed by atoms with Crippen molar-refractivity contribution in [2.75, 3.05) is 26.4 Å². The van der Waals surface area contributed by atoms with Gasteiger partial charge in [0, 0.05) is 49.2 Å². The third kappa shape index (κ3) is 4.95. The molecule has 0 amide bonds. The zero-order chi connectivity index (χ0) is 15.1. The predicted molar refractivity (Wildman–Crippen MR) is 86.7 cm³/mol. The van der Waals surface area contributed by atoms with E-state index in [-0.39, 0.29) is 6.29 Å². The first-order valence-electron chi connectivity index (χ1n) is 7.62. The quantitative estimate of drug-likeness (QED) is 0.543. The molecule has 0 saturated heterocycles. The number of rotatable bonds is 9. The normalized spacial score (nSPS) is 13.5. The summed E-state index contributed by atoms with van der Waals surface area (Å²) in [6.45, 7) is 7.77. The molecule has 0 saturated carbocycles. The Morgan fingerprint density at radius 3 is 2.76 bits per heavy atom. The van der Waals surface area contributed by atoms with E-state index in [4.69, 9.17) is 14.2 Å². The maximum absolute atomic E-state index is 5.73. The van der Waals surface area contributed by atoms with E-state index in [0.717, 1.165) is 42.8 Å². The van der Waals surface area contributed by atoms with Crippen LogP contribution in [0.2, 0.25) is 0 Å². The molecule has 0 radical (unpaired) electrons. The van der Waals surface area contributed by atoms with Gasteiger partial charge in [0.25, 0.3) is 0 Å². The highest BCUT2D eigenvalue weighted by atomic mass is 79.9. The Labute approximate surface area is 135 Å². The van der Waals surface area contributed by atoms with Gasteiger partial charge in [-0.2, -0.15) is 0 Å². The van der Waals surface area contributed by atoms with E-state index >= 15 is 0 Å². The van der Waals surface area contributed by atoms with Gasteiger partial charge in [-0.25, -0.2) is 0 Å². The minimum absolute atomic E-state index is 0.114. The molecule has 0 spiro atoms. The number of hydrogen-bond donors (Lipinski definition) is 1. The monoisotopic (exact) mass is 357 g/mol. The van der Waals surface area contributed by atoms with Crippen LogP contribution in [0.3, 0.4) is 0 Å². The lowest BCUT2D eigenvalue weighted by atomic mass is 10.1. The average molecular weight is 358 g/mol. The third-order valence-corrected chi connectivity index (χ3v) is 3.86. The van der Waals surface area contributed by atoms with Gasteiger partial charge in [-0.05, 0) is 31.5 Å². The fraction of sp³-hybridized carbons (Fsp3) is 0.625. The molecule has 1 aliphatic rings. The van der Waals surface area contributed by atoms with E-state index in [1.54, 1.807) is 0 Å². The molecule has 1 N–H and O–H groups in total. The van der Waals surface area contributed by atoms with Gasteiger partial charge >= 0.3 is 0 Å². The molecule has 0 aliphatic carbocycles. The van der Waals surface area contributed by atoms with Crippen LogP contribution in [0.25, 0.3) is 0 Å². The van der Waals surface area contributed by atoms with Gasteiger partial charge in [-0.1, -0.05) is 15.9 Å². The van der Waals surface area contributed by atoms with E-state index in [1.165, 1.54) is 11.1 Å². The zero-order valence-electron chi connectivity index (χ0n) is 12.8. The first kappa shape index (κ1) is 16.7. The molecule has 0 unspecified atom stereocenters. The van der Waals surface area contributed by atoms with Crippen molar-refractivity contribution < 1.29 is 14.2 Å². The lowest BCUT2D eigenvalue weighted by molar-refractivity contribution is -0.138. The smallest absolute Gasteiger partial charge is 0.158 e. The average Bonchev–Trinajstić information content (AvgIpc) is 2.91. The molecular weight excluding hydrogens is 334 g/mol. The largest absolute Gasteiger partial charge is 0.493 e. The van der Waals surface area contributed by atoms with Crippen LogP contribution in [0.5, 0.6) is 5.75 Å². The standard InChI is InChI=1S/C16H24BrNO3/c1-3-19-15(20-4-2)5-7-18-11-13-10-14(17)9-12-6-8-21-16(12)13/h9-10,15,18H,3-8,11H2,1-2H3. The summed E-state index contributed by atoms with van der Waals surface area (Å²) >= 11 is 3.57. The van der Waals surface area contributed by atoms with Crippen molar-refractivity contribution in [3.05, 3.63) is 27.7 Å². The number of ether oxygens (including phenoxy) is 3. The second-order valence-electron chi connectivity index (χ2n) is 4.96. The van der Waals surface area contributed by atoms with Crippen molar-refractivity contribution in [2.24, 2.45) is 0 Å². The maximum Gasteiger partial charge on any atom is 0.158 e. The zero-order valence-corrected chi connectivity index (χ0v) is 14.4. The molecule has 0 fully saturated rings. The van der Waals surface area contributed by atoms with E-state index in [2.05, 4.69) is 33.4 Å². The lowest BCUT2D eigenvalue weighted by Crippen LogP contribution is -2.24. The fourth-order valence-corrected chi connectivity index (χ4v) is 3.06. The van der Waals surface area contributed by atoms with Crippen molar-refractivity contribution >= 4 is 15.9 Å². The van der Waals surface area contributed by atoms with Crippen molar-refractivity contribution in [3.63, 3.8) is 0 Å². The van der Waals surface area contributed by atoms with Crippen LogP contribution < -0.4 is 10.1 Å². The van der Waals surface area contributed by atoms with E-state index in [9.17, 15) is 0 Å². The van der Waals surface area contributed by atoms with Gasteiger partial charge in [0.1, 0.15) is 5.75 Å². The molecule has 118 valence electrons. The Morgan fingerprint density at radius 2 is 2.05 bits per heavy atom. The third-order valence-electron chi connectivity index (χ3n) is 3.40. The fourth-order valence-electron chi connectivity index (χ4n) is 2.51. The summed E-state index contributed by atoms with van der Waals surface area (Å²) in [6.07, 6.45) is 1.73. The van der Waals surface area contributed by atoms with Crippen LogP contribution in [0.4, 0.5) is 0 Å². The van der Waals surface area contributed by atoms with Crippen LogP contribution in [0.15, 0.2) is 16.6 Å². The van der Waals surface area contributed by atoms with Gasteiger partial charge in [0.15, 0.2) is 6.29 Å². The van der Waals surface area contributed by atoms with Crippen molar-refractivity contribution in [1.82, 2.24) is 5.32 Å². The minimum atomic E-state index is -0.114. The summed E-state index contributed by atoms with van der Waals surface area (Å²) in [5.74, 6) is 1.05. The highest BCUT2D eigenvalue weighted by Crippen LogP contribution is 2.32. The molecule has 1 heterocycles. The van der Waals surface area contributed by atoms with Crippen LogP contribution in [0.1, 0.15) is 31.4 Å². The van der Waals surface area contributed by atoms with Crippen molar-refractivity contribution in [2.45, 2.75) is 39.5 Å². The summed E-state index contributed by atoms with van der Waals surface area (Å²) < 4.78 is 17.9. The molecule has 21 heavy (non-hydrogen) atoms. The SMILES string of the molecule is CCOC(CCNCc1cc(Br)cc2c1OCC2)OCC. The van der Waals surface area contributed by atoms with E-state index < -0.39 is 0 Å². The summed E-state index contributed by atoms with van der Waals surface area (Å²) in [4.78, 5) is 0. The topological polar surface area (TPSA) is 39.7 Å². The molecule has 4 nitrogen and oxygen atoms in total. The van der Waals surface area contributed by atoms with Gasteiger partial charge in [0.05, 0.1) is 6.61 Å². The van der Waals surface area contributed by atoms with Crippen LogP contribution in [-0.4, -0.2) is 32.7 Å². The lowest BCUT2D eigenvalue weighted by Gasteiger charge is -2.17. The Hall–Kier alpha value is -0.620. The summed E-state index contributed by atoms with van der Waals surface area (Å²) in [6, 6.07) is 4.27. The second-order valence-corrected chi connectivity index (χ2v) is 5.87. The maximum atomic E-state index is 5.73. The molecule has 1 aromatic carbocycles. The van der Waals surface area contributed by atoms with Crippen LogP contribution in [-0.2, 0) is 22.4 Å². The van der Waals surface area contributed by atoms with Gasteiger partial charge in [-0.3, -0.25) is 0 Å². The molecule has 0 aromatic heterocycles. The number of hydrogen-bond acceptors (Lipinski definition) is 4. The molecule has 0 bridgehead atoms. The summed E-state index contributed by atoms with van der Waals surface area (Å²) in [5.41, 5.74) is 2.50. The van der Waals surface area contributed by atoms with Gasteiger partial charge < -0.3 is 19.5 Å². The van der Waals surface area contributed by atoms with Gasteiger partial charge in [0.2, 0.25) is 0 Å². The molecule has 1 aliphatic heterocycles. The summed E-state index contributed by atoms with van der Waals surface area (Å²) in [7, 11) is 0. The van der Waals surface area contributed by atoms with Crippen LogP contribution in [0, 0.1) is 0 Å². The van der Waals surface area contributed by atoms with Crippen molar-refractivity contribution in [3.8, 4) is 5.75 Å². The first-order valence-corrected chi connectivity index (χ1v) is 8.41. The molecule has 1 aromatic rings. The molecule has 5 heteroatoms.